The highest BCUT2D eigenvalue weighted by atomic mass is 16.6. The lowest BCUT2D eigenvalue weighted by Crippen LogP contribution is -2.89. The summed E-state index contributed by atoms with van der Waals surface area (Å²) in [6, 6.07) is 24.9. The first kappa shape index (κ1) is 19.0. The minimum Gasteiger partial charge on any atom is -0.486 e. The largest absolute Gasteiger partial charge is 0.486 e. The number of carbonyl (C=O) groups excluding carboxylic acids is 1. The number of hydrogen-bond donors (Lipinski definition) is 2. The Bertz CT molecular complexity index is 957. The van der Waals surface area contributed by atoms with Crippen molar-refractivity contribution < 1.29 is 19.6 Å². The van der Waals surface area contributed by atoms with Crippen molar-refractivity contribution in [2.45, 2.75) is 19.1 Å². The van der Waals surface area contributed by atoms with Crippen LogP contribution >= 0.6 is 0 Å². The molecule has 0 spiro atoms. The van der Waals surface area contributed by atoms with Gasteiger partial charge in [-0.2, -0.15) is 0 Å². The SMILES string of the molecule is Cc1ccc(NC(=O)[C@H]([NH2+]C[C@@H]2COc3ccccc3O2)c2ccccc2)cc1. The molecule has 0 fully saturated rings. The van der Waals surface area contributed by atoms with Crippen molar-refractivity contribution in [2.24, 2.45) is 0 Å². The minimum absolute atomic E-state index is 0.0582. The van der Waals surface area contributed by atoms with E-state index in [1.54, 1.807) is 0 Å². The van der Waals surface area contributed by atoms with Gasteiger partial charge in [-0.25, -0.2) is 0 Å². The van der Waals surface area contributed by atoms with Gasteiger partial charge < -0.3 is 20.1 Å². The number of ether oxygens (including phenoxy) is 2. The molecule has 5 heteroatoms. The van der Waals surface area contributed by atoms with Crippen LogP contribution in [0.2, 0.25) is 0 Å². The lowest BCUT2D eigenvalue weighted by Gasteiger charge is -2.26. The highest BCUT2D eigenvalue weighted by molar-refractivity contribution is 5.94. The Morgan fingerprint density at radius 2 is 1.69 bits per heavy atom. The van der Waals surface area contributed by atoms with Crippen LogP contribution in [0.1, 0.15) is 17.2 Å². The maximum Gasteiger partial charge on any atom is 0.287 e. The van der Waals surface area contributed by atoms with Gasteiger partial charge in [-0.05, 0) is 31.2 Å². The first-order chi connectivity index (χ1) is 14.2. The molecule has 1 amide bonds. The van der Waals surface area contributed by atoms with E-state index < -0.39 is 0 Å². The van der Waals surface area contributed by atoms with E-state index in [0.717, 1.165) is 28.3 Å². The van der Waals surface area contributed by atoms with Crippen LogP contribution in [0.4, 0.5) is 5.69 Å². The molecule has 1 heterocycles. The Labute approximate surface area is 170 Å². The molecule has 1 aliphatic rings. The Morgan fingerprint density at radius 1 is 1.00 bits per heavy atom. The number of para-hydroxylation sites is 2. The Morgan fingerprint density at radius 3 is 2.45 bits per heavy atom. The first-order valence-electron chi connectivity index (χ1n) is 9.83. The lowest BCUT2D eigenvalue weighted by molar-refractivity contribution is -0.687. The number of benzene rings is 3. The molecular formula is C24H25N2O3+. The van der Waals surface area contributed by atoms with E-state index in [4.69, 9.17) is 9.47 Å². The summed E-state index contributed by atoms with van der Waals surface area (Å²) >= 11 is 0. The molecule has 3 N–H and O–H groups in total. The molecule has 2 atom stereocenters. The summed E-state index contributed by atoms with van der Waals surface area (Å²) < 4.78 is 11.8. The van der Waals surface area contributed by atoms with Gasteiger partial charge in [-0.1, -0.05) is 60.2 Å². The van der Waals surface area contributed by atoms with Gasteiger partial charge in [-0.3, -0.25) is 4.79 Å². The van der Waals surface area contributed by atoms with Crippen LogP contribution in [0.15, 0.2) is 78.9 Å². The molecule has 4 rings (SSSR count). The highest BCUT2D eigenvalue weighted by Crippen LogP contribution is 2.30. The average molecular weight is 389 g/mol. The van der Waals surface area contributed by atoms with Gasteiger partial charge in [0, 0.05) is 11.3 Å². The third-order valence-corrected chi connectivity index (χ3v) is 4.96. The van der Waals surface area contributed by atoms with E-state index in [1.165, 1.54) is 0 Å². The van der Waals surface area contributed by atoms with E-state index in [1.807, 2.05) is 91.1 Å². The van der Waals surface area contributed by atoms with E-state index >= 15 is 0 Å². The van der Waals surface area contributed by atoms with Gasteiger partial charge in [0.2, 0.25) is 0 Å². The van der Waals surface area contributed by atoms with Crippen molar-refractivity contribution >= 4 is 11.6 Å². The minimum atomic E-state index is -0.377. The summed E-state index contributed by atoms with van der Waals surface area (Å²) in [6.07, 6.45) is -0.122. The monoisotopic (exact) mass is 389 g/mol. The van der Waals surface area contributed by atoms with Crippen molar-refractivity contribution in [1.29, 1.82) is 0 Å². The molecule has 148 valence electrons. The zero-order chi connectivity index (χ0) is 20.1. The Balaban J connectivity index is 1.45. The number of nitrogens with one attached hydrogen (secondary N) is 1. The Kier molecular flexibility index (Phi) is 5.77. The van der Waals surface area contributed by atoms with Crippen LogP contribution in [0.25, 0.3) is 0 Å². The van der Waals surface area contributed by atoms with Gasteiger partial charge in [0.1, 0.15) is 13.2 Å². The molecule has 0 radical (unpaired) electrons. The number of nitrogens with two attached hydrogens (primary N) is 1. The predicted molar refractivity (Wildman–Crippen MR) is 112 cm³/mol. The van der Waals surface area contributed by atoms with Crippen LogP contribution in [0, 0.1) is 6.92 Å². The van der Waals surface area contributed by atoms with E-state index in [9.17, 15) is 4.79 Å². The number of amides is 1. The van der Waals surface area contributed by atoms with Gasteiger partial charge in [-0.15, -0.1) is 0 Å². The fourth-order valence-corrected chi connectivity index (χ4v) is 3.38. The summed E-state index contributed by atoms with van der Waals surface area (Å²) in [5.41, 5.74) is 2.90. The molecule has 0 aromatic heterocycles. The third-order valence-electron chi connectivity index (χ3n) is 4.96. The summed E-state index contributed by atoms with van der Waals surface area (Å²) in [5, 5.41) is 5.04. The van der Waals surface area contributed by atoms with Crippen LogP contribution in [0.5, 0.6) is 11.5 Å². The molecule has 0 aliphatic carbocycles. The fraction of sp³-hybridized carbons (Fsp3) is 0.208. The molecule has 0 unspecified atom stereocenters. The quantitative estimate of drug-likeness (QED) is 0.681. The maximum atomic E-state index is 13.1. The van der Waals surface area contributed by atoms with Crippen molar-refractivity contribution in [3.05, 3.63) is 90.0 Å². The molecule has 29 heavy (non-hydrogen) atoms. The van der Waals surface area contributed by atoms with E-state index in [-0.39, 0.29) is 18.1 Å². The van der Waals surface area contributed by atoms with E-state index in [2.05, 4.69) is 5.32 Å². The van der Waals surface area contributed by atoms with Crippen molar-refractivity contribution in [2.75, 3.05) is 18.5 Å². The average Bonchev–Trinajstić information content (AvgIpc) is 2.76. The number of aryl methyl sites for hydroxylation is 1. The van der Waals surface area contributed by atoms with Gasteiger partial charge in [0.25, 0.3) is 5.91 Å². The number of carbonyl (C=O) groups is 1. The van der Waals surface area contributed by atoms with Gasteiger partial charge in [0.05, 0.1) is 0 Å². The lowest BCUT2D eigenvalue weighted by atomic mass is 10.1. The summed E-state index contributed by atoms with van der Waals surface area (Å²) in [6.45, 7) is 3.10. The second kappa shape index (κ2) is 8.80. The van der Waals surface area contributed by atoms with Crippen LogP contribution in [0.3, 0.4) is 0 Å². The number of anilines is 1. The number of hydrogen-bond acceptors (Lipinski definition) is 3. The molecule has 0 saturated heterocycles. The molecule has 3 aromatic carbocycles. The molecule has 0 bridgehead atoms. The molecule has 3 aromatic rings. The van der Waals surface area contributed by atoms with Crippen LogP contribution in [-0.4, -0.2) is 25.2 Å². The maximum absolute atomic E-state index is 13.1. The molecule has 0 saturated carbocycles. The smallest absolute Gasteiger partial charge is 0.287 e. The normalized spacial score (nSPS) is 16.1. The van der Waals surface area contributed by atoms with E-state index in [0.29, 0.717) is 13.2 Å². The zero-order valence-corrected chi connectivity index (χ0v) is 16.4. The second-order valence-corrected chi connectivity index (χ2v) is 7.21. The third kappa shape index (κ3) is 4.76. The standard InChI is InChI=1S/C24H24N2O3/c1-17-11-13-19(14-12-17)26-24(27)23(18-7-3-2-4-8-18)25-15-20-16-28-21-9-5-6-10-22(21)29-20/h2-14,20,23,25H,15-16H2,1H3,(H,26,27)/p+1/t20-,23-/m1/s1. The zero-order valence-electron chi connectivity index (χ0n) is 16.4. The number of rotatable bonds is 6. The van der Waals surface area contributed by atoms with Crippen molar-refractivity contribution in [1.82, 2.24) is 0 Å². The predicted octanol–water partition coefficient (Wildman–Crippen LogP) is 3.08. The van der Waals surface area contributed by atoms with Crippen LogP contribution < -0.4 is 20.1 Å². The highest BCUT2D eigenvalue weighted by Gasteiger charge is 2.28. The number of fused-ring (bicyclic) bond motifs is 1. The molecule has 5 nitrogen and oxygen atoms in total. The van der Waals surface area contributed by atoms with Crippen molar-refractivity contribution in [3.8, 4) is 11.5 Å². The van der Waals surface area contributed by atoms with Gasteiger partial charge in [0.15, 0.2) is 23.6 Å². The summed E-state index contributed by atoms with van der Waals surface area (Å²) in [5.74, 6) is 1.45. The second-order valence-electron chi connectivity index (χ2n) is 7.21. The Hall–Kier alpha value is -3.31. The van der Waals surface area contributed by atoms with Gasteiger partial charge >= 0.3 is 0 Å². The molecule has 1 aliphatic heterocycles. The van der Waals surface area contributed by atoms with Crippen molar-refractivity contribution in [3.63, 3.8) is 0 Å². The summed E-state index contributed by atoms with van der Waals surface area (Å²) in [7, 11) is 0. The molecular weight excluding hydrogens is 364 g/mol. The summed E-state index contributed by atoms with van der Waals surface area (Å²) in [4.78, 5) is 13.1. The fourth-order valence-electron chi connectivity index (χ4n) is 3.38. The van der Waals surface area contributed by atoms with Crippen LogP contribution in [-0.2, 0) is 4.79 Å². The number of quaternary nitrogens is 1. The topological polar surface area (TPSA) is 64.2 Å². The first-order valence-corrected chi connectivity index (χ1v) is 9.83.